The molecule has 0 fully saturated rings. The molecule has 0 saturated heterocycles. The van der Waals surface area contributed by atoms with Crippen LogP contribution in [0.5, 0.6) is 0 Å². The van der Waals surface area contributed by atoms with Gasteiger partial charge in [0.1, 0.15) is 0 Å². The highest BCUT2D eigenvalue weighted by Crippen LogP contribution is 2.18. The maximum Gasteiger partial charge on any atom is 0.315 e. The zero-order valence-electron chi connectivity index (χ0n) is 9.66. The molecule has 1 aromatic carbocycles. The van der Waals surface area contributed by atoms with Crippen LogP contribution >= 0.6 is 0 Å². The van der Waals surface area contributed by atoms with Crippen LogP contribution in [0.4, 0.5) is 4.79 Å². The quantitative estimate of drug-likeness (QED) is 0.717. The minimum absolute atomic E-state index is 0.0564. The van der Waals surface area contributed by atoms with Gasteiger partial charge >= 0.3 is 6.03 Å². The lowest BCUT2D eigenvalue weighted by molar-refractivity contribution is 0.224. The van der Waals surface area contributed by atoms with Gasteiger partial charge in [-0.25, -0.2) is 4.79 Å². The molecule has 0 spiro atoms. The van der Waals surface area contributed by atoms with Gasteiger partial charge in [-0.15, -0.1) is 0 Å². The molecule has 0 atom stereocenters. The summed E-state index contributed by atoms with van der Waals surface area (Å²) in [7, 11) is 0. The molecule has 4 nitrogen and oxygen atoms in total. The van der Waals surface area contributed by atoms with Crippen LogP contribution in [0.1, 0.15) is 19.4 Å². The summed E-state index contributed by atoms with van der Waals surface area (Å²) in [5.74, 6) is 0. The van der Waals surface area contributed by atoms with E-state index in [-0.39, 0.29) is 19.2 Å². The predicted molar refractivity (Wildman–Crippen MR) is 63.1 cm³/mol. The molecule has 0 heterocycles. The van der Waals surface area contributed by atoms with E-state index in [1.807, 2.05) is 44.2 Å². The summed E-state index contributed by atoms with van der Waals surface area (Å²) in [6.07, 6.45) is 0. The summed E-state index contributed by atoms with van der Waals surface area (Å²) in [6.45, 7) is 4.07. The Labute approximate surface area is 95.7 Å². The molecule has 0 aliphatic rings. The Balaban J connectivity index is 2.61. The van der Waals surface area contributed by atoms with E-state index in [4.69, 9.17) is 5.11 Å². The van der Waals surface area contributed by atoms with E-state index in [1.54, 1.807) is 0 Å². The molecule has 0 aliphatic carbocycles. The van der Waals surface area contributed by atoms with Gasteiger partial charge in [0.05, 0.1) is 12.1 Å². The highest BCUT2D eigenvalue weighted by molar-refractivity contribution is 5.74. The fourth-order valence-corrected chi connectivity index (χ4v) is 1.42. The van der Waals surface area contributed by atoms with Gasteiger partial charge in [-0.2, -0.15) is 0 Å². The summed E-state index contributed by atoms with van der Waals surface area (Å²) in [6, 6.07) is 9.46. The van der Waals surface area contributed by atoms with Crippen LogP contribution in [0.2, 0.25) is 0 Å². The first-order valence-electron chi connectivity index (χ1n) is 5.28. The van der Waals surface area contributed by atoms with Crippen LogP contribution in [0.3, 0.4) is 0 Å². The average Bonchev–Trinajstić information content (AvgIpc) is 2.27. The predicted octanol–water partition coefficient (Wildman–Crippen LogP) is 1.21. The second-order valence-corrected chi connectivity index (χ2v) is 4.10. The SMILES string of the molecule is CC(C)(NC(=O)NCCO)c1ccccc1. The molecule has 0 radical (unpaired) electrons. The first-order chi connectivity index (χ1) is 7.56. The zero-order valence-corrected chi connectivity index (χ0v) is 9.66. The van der Waals surface area contributed by atoms with E-state index in [1.165, 1.54) is 0 Å². The van der Waals surface area contributed by atoms with Gasteiger partial charge in [-0.3, -0.25) is 0 Å². The van der Waals surface area contributed by atoms with Crippen molar-refractivity contribution in [2.24, 2.45) is 0 Å². The van der Waals surface area contributed by atoms with E-state index in [0.29, 0.717) is 0 Å². The molecule has 0 unspecified atom stereocenters. The van der Waals surface area contributed by atoms with Gasteiger partial charge in [0, 0.05) is 6.54 Å². The first-order valence-corrected chi connectivity index (χ1v) is 5.28. The molecule has 3 N–H and O–H groups in total. The monoisotopic (exact) mass is 222 g/mol. The van der Waals surface area contributed by atoms with Gasteiger partial charge in [-0.05, 0) is 19.4 Å². The molecule has 0 aliphatic heterocycles. The van der Waals surface area contributed by atoms with E-state index < -0.39 is 5.54 Å². The molecular weight excluding hydrogens is 204 g/mol. The van der Waals surface area contributed by atoms with Gasteiger partial charge in [0.25, 0.3) is 0 Å². The Morgan fingerprint density at radius 2 is 1.94 bits per heavy atom. The number of hydrogen-bond donors (Lipinski definition) is 3. The fraction of sp³-hybridized carbons (Fsp3) is 0.417. The fourth-order valence-electron chi connectivity index (χ4n) is 1.42. The lowest BCUT2D eigenvalue weighted by Crippen LogP contribution is -2.47. The van der Waals surface area contributed by atoms with Crippen molar-refractivity contribution in [1.82, 2.24) is 10.6 Å². The standard InChI is InChI=1S/C12H18N2O2/c1-12(2,10-6-4-3-5-7-10)14-11(16)13-8-9-15/h3-7,15H,8-9H2,1-2H3,(H2,13,14,16). The Kier molecular flexibility index (Phi) is 4.31. The van der Waals surface area contributed by atoms with Crippen molar-refractivity contribution in [2.45, 2.75) is 19.4 Å². The van der Waals surface area contributed by atoms with E-state index in [2.05, 4.69) is 10.6 Å². The highest BCUT2D eigenvalue weighted by Gasteiger charge is 2.21. The molecule has 1 rings (SSSR count). The van der Waals surface area contributed by atoms with Crippen molar-refractivity contribution in [3.8, 4) is 0 Å². The van der Waals surface area contributed by atoms with Gasteiger partial charge in [-0.1, -0.05) is 30.3 Å². The summed E-state index contributed by atoms with van der Waals surface area (Å²) >= 11 is 0. The molecule has 4 heteroatoms. The van der Waals surface area contributed by atoms with Crippen molar-refractivity contribution >= 4 is 6.03 Å². The molecule has 0 aromatic heterocycles. The number of nitrogens with one attached hydrogen (secondary N) is 2. The van der Waals surface area contributed by atoms with Crippen molar-refractivity contribution < 1.29 is 9.90 Å². The summed E-state index contributed by atoms with van der Waals surface area (Å²) in [5.41, 5.74) is 0.606. The molecule has 88 valence electrons. The number of hydrogen-bond acceptors (Lipinski definition) is 2. The number of aliphatic hydroxyl groups is 1. The normalized spacial score (nSPS) is 10.9. The third-order valence-corrected chi connectivity index (χ3v) is 2.32. The topological polar surface area (TPSA) is 61.4 Å². The highest BCUT2D eigenvalue weighted by atomic mass is 16.3. The largest absolute Gasteiger partial charge is 0.395 e. The second kappa shape index (κ2) is 5.51. The van der Waals surface area contributed by atoms with Gasteiger partial charge < -0.3 is 15.7 Å². The Bertz CT molecular complexity index is 336. The molecular formula is C12H18N2O2. The Morgan fingerprint density at radius 3 is 2.50 bits per heavy atom. The average molecular weight is 222 g/mol. The summed E-state index contributed by atoms with van der Waals surface area (Å²) in [4.78, 5) is 11.5. The number of carbonyl (C=O) groups excluding carboxylic acids is 1. The van der Waals surface area contributed by atoms with E-state index >= 15 is 0 Å². The maximum atomic E-state index is 11.5. The number of aliphatic hydroxyl groups excluding tert-OH is 1. The summed E-state index contributed by atoms with van der Waals surface area (Å²) in [5, 5.41) is 14.0. The van der Waals surface area contributed by atoms with Crippen LogP contribution in [0.15, 0.2) is 30.3 Å². The van der Waals surface area contributed by atoms with Crippen LogP contribution < -0.4 is 10.6 Å². The van der Waals surface area contributed by atoms with Crippen molar-refractivity contribution in [3.63, 3.8) is 0 Å². The van der Waals surface area contributed by atoms with Gasteiger partial charge in [0.2, 0.25) is 0 Å². The minimum atomic E-state index is -0.430. The van der Waals surface area contributed by atoms with Crippen LogP contribution in [-0.2, 0) is 5.54 Å². The number of carbonyl (C=O) groups is 1. The van der Waals surface area contributed by atoms with Crippen molar-refractivity contribution in [3.05, 3.63) is 35.9 Å². The second-order valence-electron chi connectivity index (χ2n) is 4.10. The maximum absolute atomic E-state index is 11.5. The molecule has 1 aromatic rings. The third kappa shape index (κ3) is 3.55. The smallest absolute Gasteiger partial charge is 0.315 e. The number of benzene rings is 1. The minimum Gasteiger partial charge on any atom is -0.395 e. The van der Waals surface area contributed by atoms with Crippen molar-refractivity contribution in [2.75, 3.05) is 13.2 Å². The first kappa shape index (κ1) is 12.5. The number of urea groups is 1. The van der Waals surface area contributed by atoms with Crippen LogP contribution in [0, 0.1) is 0 Å². The zero-order chi connectivity index (χ0) is 12.0. The third-order valence-electron chi connectivity index (χ3n) is 2.32. The lowest BCUT2D eigenvalue weighted by atomic mass is 9.95. The van der Waals surface area contributed by atoms with Crippen LogP contribution in [-0.4, -0.2) is 24.3 Å². The number of rotatable bonds is 4. The molecule has 0 saturated carbocycles. The van der Waals surface area contributed by atoms with E-state index in [9.17, 15) is 4.79 Å². The van der Waals surface area contributed by atoms with E-state index in [0.717, 1.165) is 5.56 Å². The molecule has 0 bridgehead atoms. The lowest BCUT2D eigenvalue weighted by Gasteiger charge is -2.26. The molecule has 2 amide bonds. The molecule has 16 heavy (non-hydrogen) atoms. The summed E-state index contributed by atoms with van der Waals surface area (Å²) < 4.78 is 0. The Morgan fingerprint density at radius 1 is 1.31 bits per heavy atom. The van der Waals surface area contributed by atoms with Crippen LogP contribution in [0.25, 0.3) is 0 Å². The number of amides is 2. The van der Waals surface area contributed by atoms with Crippen molar-refractivity contribution in [1.29, 1.82) is 0 Å². The Hall–Kier alpha value is -1.55. The van der Waals surface area contributed by atoms with Gasteiger partial charge in [0.15, 0.2) is 0 Å².